The molecule has 1 saturated carbocycles. The predicted molar refractivity (Wildman–Crippen MR) is 77.6 cm³/mol. The number of carbonyl (C=O) groups is 1. The third kappa shape index (κ3) is 2.49. The molecule has 5 nitrogen and oxygen atoms in total. The van der Waals surface area contributed by atoms with Crippen LogP contribution >= 0.6 is 0 Å². The highest BCUT2D eigenvalue weighted by Gasteiger charge is 2.40. The fraction of sp³-hybridized carbons (Fsp3) is 0.667. The first kappa shape index (κ1) is 13.3. The van der Waals surface area contributed by atoms with Gasteiger partial charge in [0.15, 0.2) is 5.82 Å². The maximum absolute atomic E-state index is 12.4. The Balaban J connectivity index is 1.68. The zero-order valence-electron chi connectivity index (χ0n) is 12.4. The molecule has 0 aromatic carbocycles. The van der Waals surface area contributed by atoms with E-state index in [-0.39, 0.29) is 17.6 Å². The SMILES string of the molecule is CC1CCC(C)(C)N1C(=O)Nc1ccc(C2CC2)nn1. The maximum atomic E-state index is 12.4. The lowest BCUT2D eigenvalue weighted by Crippen LogP contribution is -2.48. The lowest BCUT2D eigenvalue weighted by molar-refractivity contribution is 0.157. The first-order valence-corrected chi connectivity index (χ1v) is 7.41. The zero-order valence-corrected chi connectivity index (χ0v) is 12.4. The molecule has 1 aromatic heterocycles. The van der Waals surface area contributed by atoms with Crippen molar-refractivity contribution in [2.45, 2.75) is 64.0 Å². The van der Waals surface area contributed by atoms with Crippen LogP contribution in [0.1, 0.15) is 58.1 Å². The quantitative estimate of drug-likeness (QED) is 0.901. The van der Waals surface area contributed by atoms with Crippen LogP contribution in [-0.2, 0) is 0 Å². The van der Waals surface area contributed by atoms with Gasteiger partial charge in [0.05, 0.1) is 5.69 Å². The lowest BCUT2D eigenvalue weighted by atomic mass is 10.0. The Hall–Kier alpha value is -1.65. The van der Waals surface area contributed by atoms with Crippen LogP contribution in [-0.4, -0.2) is 32.7 Å². The summed E-state index contributed by atoms with van der Waals surface area (Å²) >= 11 is 0. The number of likely N-dealkylation sites (tertiary alicyclic amines) is 1. The second-order valence-electron chi connectivity index (χ2n) is 6.62. The number of amides is 2. The average Bonchev–Trinajstić information content (AvgIpc) is 3.18. The van der Waals surface area contributed by atoms with Gasteiger partial charge in [-0.25, -0.2) is 4.79 Å². The fourth-order valence-corrected chi connectivity index (χ4v) is 3.06. The van der Waals surface area contributed by atoms with Gasteiger partial charge >= 0.3 is 6.03 Å². The van der Waals surface area contributed by atoms with Gasteiger partial charge in [0.2, 0.25) is 0 Å². The van der Waals surface area contributed by atoms with E-state index in [1.807, 2.05) is 17.0 Å². The van der Waals surface area contributed by atoms with Crippen LogP contribution in [0.2, 0.25) is 0 Å². The first-order valence-electron chi connectivity index (χ1n) is 7.41. The van der Waals surface area contributed by atoms with Crippen molar-refractivity contribution in [1.29, 1.82) is 0 Å². The third-order valence-corrected chi connectivity index (χ3v) is 4.40. The molecular formula is C15H22N4O. The number of nitrogens with one attached hydrogen (secondary N) is 1. The first-order chi connectivity index (χ1) is 9.47. The van der Waals surface area contributed by atoms with Gasteiger partial charge in [-0.1, -0.05) is 0 Å². The Morgan fingerprint density at radius 1 is 1.30 bits per heavy atom. The molecule has 1 aliphatic heterocycles. The number of aromatic nitrogens is 2. The number of urea groups is 1. The van der Waals surface area contributed by atoms with Gasteiger partial charge in [0.1, 0.15) is 0 Å². The molecule has 0 spiro atoms. The molecule has 5 heteroatoms. The van der Waals surface area contributed by atoms with Crippen molar-refractivity contribution >= 4 is 11.8 Å². The molecule has 2 aliphatic rings. The highest BCUT2D eigenvalue weighted by Crippen LogP contribution is 2.38. The van der Waals surface area contributed by atoms with E-state index in [0.29, 0.717) is 11.7 Å². The molecule has 3 rings (SSSR count). The van der Waals surface area contributed by atoms with E-state index in [1.165, 1.54) is 12.8 Å². The minimum absolute atomic E-state index is 0.0755. The van der Waals surface area contributed by atoms with Gasteiger partial charge in [0.25, 0.3) is 0 Å². The molecule has 1 atom stereocenters. The average molecular weight is 274 g/mol. The van der Waals surface area contributed by atoms with Gasteiger partial charge in [0, 0.05) is 17.5 Å². The Labute approximate surface area is 119 Å². The lowest BCUT2D eigenvalue weighted by Gasteiger charge is -2.34. The van der Waals surface area contributed by atoms with E-state index in [1.54, 1.807) is 0 Å². The molecule has 2 fully saturated rings. The smallest absolute Gasteiger partial charge is 0.317 e. The number of rotatable bonds is 2. The highest BCUT2D eigenvalue weighted by molar-refractivity contribution is 5.89. The third-order valence-electron chi connectivity index (χ3n) is 4.40. The van der Waals surface area contributed by atoms with Gasteiger partial charge in [-0.2, -0.15) is 5.10 Å². The normalized spacial score (nSPS) is 24.8. The van der Waals surface area contributed by atoms with Gasteiger partial charge in [-0.05, 0) is 58.6 Å². The van der Waals surface area contributed by atoms with Crippen LogP contribution in [0.5, 0.6) is 0 Å². The van der Waals surface area contributed by atoms with Gasteiger partial charge in [-0.15, -0.1) is 5.10 Å². The van der Waals surface area contributed by atoms with Crippen LogP contribution in [0.25, 0.3) is 0 Å². The van der Waals surface area contributed by atoms with Crippen LogP contribution < -0.4 is 5.32 Å². The maximum Gasteiger partial charge on any atom is 0.323 e. The molecule has 0 radical (unpaired) electrons. The summed E-state index contributed by atoms with van der Waals surface area (Å²) < 4.78 is 0. The Bertz CT molecular complexity index is 507. The number of anilines is 1. The molecule has 1 unspecified atom stereocenters. The van der Waals surface area contributed by atoms with Crippen molar-refractivity contribution in [3.63, 3.8) is 0 Å². The molecule has 20 heavy (non-hydrogen) atoms. The highest BCUT2D eigenvalue weighted by atomic mass is 16.2. The number of nitrogens with zero attached hydrogens (tertiary/aromatic N) is 3. The predicted octanol–water partition coefficient (Wildman–Crippen LogP) is 3.15. The molecule has 2 heterocycles. The van der Waals surface area contributed by atoms with E-state index in [2.05, 4.69) is 36.3 Å². The van der Waals surface area contributed by atoms with Crippen molar-refractivity contribution in [2.24, 2.45) is 0 Å². The minimum Gasteiger partial charge on any atom is -0.317 e. The molecule has 1 aromatic rings. The van der Waals surface area contributed by atoms with Crippen LogP contribution in [0.3, 0.4) is 0 Å². The van der Waals surface area contributed by atoms with E-state index >= 15 is 0 Å². The van der Waals surface area contributed by atoms with Crippen LogP contribution in [0, 0.1) is 0 Å². The van der Waals surface area contributed by atoms with Crippen LogP contribution in [0.15, 0.2) is 12.1 Å². The molecule has 1 aliphatic carbocycles. The van der Waals surface area contributed by atoms with E-state index in [0.717, 1.165) is 18.5 Å². The standard InChI is InChI=1S/C15H22N4O/c1-10-8-9-15(2,3)19(10)14(20)16-13-7-6-12(17-18-13)11-4-5-11/h6-7,10-11H,4-5,8-9H2,1-3H3,(H,16,18,20). The molecule has 1 N–H and O–H groups in total. The van der Waals surface area contributed by atoms with E-state index in [4.69, 9.17) is 0 Å². The number of hydrogen-bond acceptors (Lipinski definition) is 3. The van der Waals surface area contributed by atoms with Crippen molar-refractivity contribution in [2.75, 3.05) is 5.32 Å². The number of carbonyl (C=O) groups excluding carboxylic acids is 1. The fourth-order valence-electron chi connectivity index (χ4n) is 3.06. The summed E-state index contributed by atoms with van der Waals surface area (Å²) in [5.41, 5.74) is 0.947. The monoisotopic (exact) mass is 274 g/mol. The largest absolute Gasteiger partial charge is 0.323 e. The molecule has 108 valence electrons. The summed E-state index contributed by atoms with van der Waals surface area (Å²) in [7, 11) is 0. The second kappa shape index (κ2) is 4.72. The van der Waals surface area contributed by atoms with E-state index in [9.17, 15) is 4.79 Å². The Morgan fingerprint density at radius 3 is 2.55 bits per heavy atom. The zero-order chi connectivity index (χ0) is 14.3. The summed E-state index contributed by atoms with van der Waals surface area (Å²) in [4.78, 5) is 14.3. The minimum atomic E-state index is -0.0924. The van der Waals surface area contributed by atoms with Crippen molar-refractivity contribution in [3.05, 3.63) is 17.8 Å². The topological polar surface area (TPSA) is 58.1 Å². The molecule has 0 bridgehead atoms. The summed E-state index contributed by atoms with van der Waals surface area (Å²) in [6.45, 7) is 6.31. The summed E-state index contributed by atoms with van der Waals surface area (Å²) in [5, 5.41) is 11.2. The summed E-state index contributed by atoms with van der Waals surface area (Å²) in [6, 6.07) is 4.02. The van der Waals surface area contributed by atoms with Crippen molar-refractivity contribution in [1.82, 2.24) is 15.1 Å². The molecule has 1 saturated heterocycles. The second-order valence-corrected chi connectivity index (χ2v) is 6.62. The summed E-state index contributed by atoms with van der Waals surface area (Å²) in [5.74, 6) is 1.12. The van der Waals surface area contributed by atoms with Crippen molar-refractivity contribution < 1.29 is 4.79 Å². The van der Waals surface area contributed by atoms with Crippen molar-refractivity contribution in [3.8, 4) is 0 Å². The molecule has 2 amide bonds. The van der Waals surface area contributed by atoms with Gasteiger partial charge < -0.3 is 4.90 Å². The summed E-state index contributed by atoms with van der Waals surface area (Å²) in [6.07, 6.45) is 4.50. The van der Waals surface area contributed by atoms with E-state index < -0.39 is 0 Å². The van der Waals surface area contributed by atoms with Crippen LogP contribution in [0.4, 0.5) is 10.6 Å². The Kier molecular flexibility index (Phi) is 3.15. The Morgan fingerprint density at radius 2 is 2.05 bits per heavy atom. The molecular weight excluding hydrogens is 252 g/mol. The van der Waals surface area contributed by atoms with Gasteiger partial charge in [-0.3, -0.25) is 5.32 Å². The number of hydrogen-bond donors (Lipinski definition) is 1.